The Hall–Kier alpha value is -2.29. The summed E-state index contributed by atoms with van der Waals surface area (Å²) in [5.74, 6) is -0.677. The number of benzene rings is 2. The average molecular weight is 256 g/mol. The van der Waals surface area contributed by atoms with Gasteiger partial charge in [0, 0.05) is 0 Å². The fraction of sp³-hybridized carbons (Fsp3) is 0.188. The predicted octanol–water partition coefficient (Wildman–Crippen LogP) is 3.01. The van der Waals surface area contributed by atoms with Crippen LogP contribution < -0.4 is 4.74 Å². The van der Waals surface area contributed by atoms with Crippen molar-refractivity contribution in [3.63, 3.8) is 0 Å². The molecule has 2 rings (SSSR count). The molecule has 0 aromatic heterocycles. The Bertz CT molecular complexity index is 508. The number of hydrogen-bond acceptors (Lipinski definition) is 2. The van der Waals surface area contributed by atoms with E-state index in [1.54, 1.807) is 0 Å². The standard InChI is InChI=1S/C16H16O3/c17-16(18)14(11-13-7-3-1-4-8-13)12-19-15-9-5-2-6-10-15/h1-10,14H,11-12H2,(H,17,18). The molecule has 1 N–H and O–H groups in total. The van der Waals surface area contributed by atoms with Crippen molar-refractivity contribution in [1.82, 2.24) is 0 Å². The van der Waals surface area contributed by atoms with Crippen molar-refractivity contribution in [1.29, 1.82) is 0 Å². The largest absolute Gasteiger partial charge is 0.493 e. The molecule has 0 fully saturated rings. The highest BCUT2D eigenvalue weighted by Crippen LogP contribution is 2.13. The van der Waals surface area contributed by atoms with Crippen LogP contribution in [0.4, 0.5) is 0 Å². The molecule has 0 heterocycles. The summed E-state index contributed by atoms with van der Waals surface area (Å²) >= 11 is 0. The Labute approximate surface area is 112 Å². The van der Waals surface area contributed by atoms with Gasteiger partial charge in [0.15, 0.2) is 0 Å². The number of rotatable bonds is 6. The van der Waals surface area contributed by atoms with Crippen LogP contribution in [0.15, 0.2) is 60.7 Å². The zero-order valence-electron chi connectivity index (χ0n) is 10.5. The highest BCUT2D eigenvalue weighted by atomic mass is 16.5. The minimum atomic E-state index is -0.834. The van der Waals surface area contributed by atoms with E-state index in [9.17, 15) is 9.90 Å². The van der Waals surface area contributed by atoms with E-state index < -0.39 is 11.9 Å². The first-order chi connectivity index (χ1) is 9.25. The summed E-state index contributed by atoms with van der Waals surface area (Å²) in [5, 5.41) is 9.23. The normalized spacial score (nSPS) is 11.8. The van der Waals surface area contributed by atoms with Crippen molar-refractivity contribution in [2.45, 2.75) is 6.42 Å². The van der Waals surface area contributed by atoms with Crippen LogP contribution in [0.3, 0.4) is 0 Å². The first-order valence-electron chi connectivity index (χ1n) is 6.20. The van der Waals surface area contributed by atoms with Crippen molar-refractivity contribution in [3.05, 3.63) is 66.2 Å². The van der Waals surface area contributed by atoms with Crippen LogP contribution in [0.5, 0.6) is 5.75 Å². The van der Waals surface area contributed by atoms with Gasteiger partial charge in [-0.2, -0.15) is 0 Å². The minimum absolute atomic E-state index is 0.175. The van der Waals surface area contributed by atoms with E-state index in [2.05, 4.69) is 0 Å². The van der Waals surface area contributed by atoms with E-state index >= 15 is 0 Å². The van der Waals surface area contributed by atoms with Gasteiger partial charge >= 0.3 is 5.97 Å². The van der Waals surface area contributed by atoms with Gasteiger partial charge in [0.25, 0.3) is 0 Å². The molecule has 3 heteroatoms. The van der Waals surface area contributed by atoms with E-state index in [1.807, 2.05) is 60.7 Å². The van der Waals surface area contributed by atoms with Crippen LogP contribution in [0.1, 0.15) is 5.56 Å². The summed E-state index contributed by atoms with van der Waals surface area (Å²) in [6.45, 7) is 0.175. The van der Waals surface area contributed by atoms with E-state index in [0.717, 1.165) is 5.56 Å². The maximum Gasteiger partial charge on any atom is 0.310 e. The van der Waals surface area contributed by atoms with Crippen LogP contribution in [0, 0.1) is 5.92 Å². The SMILES string of the molecule is O=C(O)C(COc1ccccc1)Cc1ccccc1. The first kappa shape index (κ1) is 13.1. The van der Waals surface area contributed by atoms with E-state index in [1.165, 1.54) is 0 Å². The first-order valence-corrected chi connectivity index (χ1v) is 6.20. The van der Waals surface area contributed by atoms with E-state index in [4.69, 9.17) is 4.74 Å². The van der Waals surface area contributed by atoms with Crippen molar-refractivity contribution in [2.75, 3.05) is 6.61 Å². The van der Waals surface area contributed by atoms with Crippen LogP contribution in [0.2, 0.25) is 0 Å². The summed E-state index contributed by atoms with van der Waals surface area (Å²) < 4.78 is 5.52. The molecule has 0 bridgehead atoms. The average Bonchev–Trinajstić information content (AvgIpc) is 2.45. The number of carboxylic acids is 1. The monoisotopic (exact) mass is 256 g/mol. The van der Waals surface area contributed by atoms with Gasteiger partial charge in [-0.1, -0.05) is 48.5 Å². The molecule has 3 nitrogen and oxygen atoms in total. The highest BCUT2D eigenvalue weighted by molar-refractivity contribution is 5.70. The number of hydrogen-bond donors (Lipinski definition) is 1. The Morgan fingerprint density at radius 1 is 1.00 bits per heavy atom. The van der Waals surface area contributed by atoms with Gasteiger partial charge in [0.2, 0.25) is 0 Å². The zero-order valence-corrected chi connectivity index (χ0v) is 10.5. The molecule has 0 saturated carbocycles. The molecule has 0 aliphatic heterocycles. The summed E-state index contributed by atoms with van der Waals surface area (Å²) in [6.07, 6.45) is 0.475. The zero-order chi connectivity index (χ0) is 13.5. The predicted molar refractivity (Wildman–Crippen MR) is 73.2 cm³/mol. The van der Waals surface area contributed by atoms with Crippen molar-refractivity contribution in [2.24, 2.45) is 5.92 Å². The molecule has 2 aromatic carbocycles. The van der Waals surface area contributed by atoms with Gasteiger partial charge in [-0.15, -0.1) is 0 Å². The highest BCUT2D eigenvalue weighted by Gasteiger charge is 2.18. The van der Waals surface area contributed by atoms with Gasteiger partial charge in [-0.25, -0.2) is 0 Å². The third-order valence-corrected chi connectivity index (χ3v) is 2.87. The molecule has 0 saturated heterocycles. The molecule has 0 amide bonds. The molecule has 2 aromatic rings. The molecule has 0 radical (unpaired) electrons. The molecule has 98 valence electrons. The molecule has 0 aliphatic carbocycles. The van der Waals surface area contributed by atoms with Gasteiger partial charge in [0.1, 0.15) is 12.4 Å². The van der Waals surface area contributed by atoms with Crippen molar-refractivity contribution in [3.8, 4) is 5.75 Å². The van der Waals surface area contributed by atoms with Crippen LogP contribution >= 0.6 is 0 Å². The van der Waals surface area contributed by atoms with Crippen molar-refractivity contribution < 1.29 is 14.6 Å². The second kappa shape index (κ2) is 6.59. The topological polar surface area (TPSA) is 46.5 Å². The smallest absolute Gasteiger partial charge is 0.310 e. The number of ether oxygens (including phenoxy) is 1. The Kier molecular flexibility index (Phi) is 4.56. The van der Waals surface area contributed by atoms with Gasteiger partial charge in [-0.3, -0.25) is 4.79 Å². The second-order valence-electron chi connectivity index (χ2n) is 4.35. The molecule has 19 heavy (non-hydrogen) atoms. The number of carboxylic acid groups (broad SMARTS) is 1. The lowest BCUT2D eigenvalue weighted by atomic mass is 10.0. The number of carbonyl (C=O) groups is 1. The van der Waals surface area contributed by atoms with E-state index in [-0.39, 0.29) is 6.61 Å². The Morgan fingerprint density at radius 3 is 2.16 bits per heavy atom. The van der Waals surface area contributed by atoms with E-state index in [0.29, 0.717) is 12.2 Å². The molecule has 0 aliphatic rings. The third-order valence-electron chi connectivity index (χ3n) is 2.87. The fourth-order valence-corrected chi connectivity index (χ4v) is 1.83. The Morgan fingerprint density at radius 2 is 1.58 bits per heavy atom. The Balaban J connectivity index is 1.95. The van der Waals surface area contributed by atoms with Crippen molar-refractivity contribution >= 4 is 5.97 Å². The number of aliphatic carboxylic acids is 1. The molecule has 1 atom stereocenters. The fourth-order valence-electron chi connectivity index (χ4n) is 1.83. The summed E-state index contributed by atoms with van der Waals surface area (Å²) in [6, 6.07) is 18.9. The molecule has 0 spiro atoms. The molecular weight excluding hydrogens is 240 g/mol. The second-order valence-corrected chi connectivity index (χ2v) is 4.35. The lowest BCUT2D eigenvalue weighted by Gasteiger charge is -2.13. The minimum Gasteiger partial charge on any atom is -0.493 e. The summed E-state index contributed by atoms with van der Waals surface area (Å²) in [7, 11) is 0. The lowest BCUT2D eigenvalue weighted by Crippen LogP contribution is -2.23. The third kappa shape index (κ3) is 4.14. The maximum absolute atomic E-state index is 11.2. The van der Waals surface area contributed by atoms with Crippen LogP contribution in [-0.2, 0) is 11.2 Å². The van der Waals surface area contributed by atoms with Crippen LogP contribution in [0.25, 0.3) is 0 Å². The van der Waals surface area contributed by atoms with Gasteiger partial charge in [0.05, 0.1) is 5.92 Å². The summed E-state index contributed by atoms with van der Waals surface area (Å²) in [4.78, 5) is 11.2. The molecular formula is C16H16O3. The van der Waals surface area contributed by atoms with Crippen LogP contribution in [-0.4, -0.2) is 17.7 Å². The summed E-state index contributed by atoms with van der Waals surface area (Å²) in [5.41, 5.74) is 1.01. The molecule has 1 unspecified atom stereocenters. The lowest BCUT2D eigenvalue weighted by molar-refractivity contribution is -0.142. The quantitative estimate of drug-likeness (QED) is 0.864. The van der Waals surface area contributed by atoms with Gasteiger partial charge < -0.3 is 9.84 Å². The number of para-hydroxylation sites is 1. The van der Waals surface area contributed by atoms with Gasteiger partial charge in [-0.05, 0) is 24.1 Å². The maximum atomic E-state index is 11.2.